The number of benzene rings is 1. The summed E-state index contributed by atoms with van der Waals surface area (Å²) in [5.41, 5.74) is 0.416. The molecule has 1 aromatic carbocycles. The summed E-state index contributed by atoms with van der Waals surface area (Å²) in [5.74, 6) is -0.466. The van der Waals surface area contributed by atoms with Gasteiger partial charge in [0.15, 0.2) is 0 Å². The van der Waals surface area contributed by atoms with Gasteiger partial charge in [0.2, 0.25) is 10.0 Å². The summed E-state index contributed by atoms with van der Waals surface area (Å²) in [6.45, 7) is 6.15. The fourth-order valence-corrected chi connectivity index (χ4v) is 4.30. The maximum Gasteiger partial charge on any atom is 0.251 e. The second-order valence-electron chi connectivity index (χ2n) is 6.61. The number of piperidine rings is 1. The molecule has 0 unspecified atom stereocenters. The zero-order valence-corrected chi connectivity index (χ0v) is 16.2. The van der Waals surface area contributed by atoms with Crippen molar-refractivity contribution in [2.75, 3.05) is 25.4 Å². The SMILES string of the molecule is CC(C)N1CCC(NS(=O)(=O)CCNC(=O)c2cccc(Cl)c2)CC1. The van der Waals surface area contributed by atoms with Gasteiger partial charge in [-0.3, -0.25) is 4.79 Å². The molecule has 1 fully saturated rings. The van der Waals surface area contributed by atoms with Gasteiger partial charge in [0, 0.05) is 29.2 Å². The van der Waals surface area contributed by atoms with Gasteiger partial charge in [0.25, 0.3) is 5.91 Å². The van der Waals surface area contributed by atoms with Crippen LogP contribution in [0.1, 0.15) is 37.0 Å². The van der Waals surface area contributed by atoms with E-state index in [-0.39, 0.29) is 24.2 Å². The number of amides is 1. The van der Waals surface area contributed by atoms with Crippen LogP contribution in [-0.4, -0.2) is 56.7 Å². The summed E-state index contributed by atoms with van der Waals surface area (Å²) in [7, 11) is -3.41. The van der Waals surface area contributed by atoms with Gasteiger partial charge in [-0.25, -0.2) is 13.1 Å². The highest BCUT2D eigenvalue weighted by Gasteiger charge is 2.24. The first kappa shape index (κ1) is 20.2. The molecule has 1 amide bonds. The largest absolute Gasteiger partial charge is 0.351 e. The van der Waals surface area contributed by atoms with Crippen molar-refractivity contribution in [2.45, 2.75) is 38.8 Å². The first-order valence-electron chi connectivity index (χ1n) is 8.54. The number of sulfonamides is 1. The van der Waals surface area contributed by atoms with Crippen LogP contribution in [0.5, 0.6) is 0 Å². The molecule has 0 saturated carbocycles. The van der Waals surface area contributed by atoms with E-state index in [1.54, 1.807) is 24.3 Å². The number of carbonyl (C=O) groups is 1. The third-order valence-corrected chi connectivity index (χ3v) is 6.02. The second kappa shape index (κ2) is 8.98. The number of carbonyl (C=O) groups excluding carboxylic acids is 1. The summed E-state index contributed by atoms with van der Waals surface area (Å²) in [4.78, 5) is 14.3. The van der Waals surface area contributed by atoms with Crippen LogP contribution in [0, 0.1) is 0 Å². The molecule has 0 spiro atoms. The van der Waals surface area contributed by atoms with Gasteiger partial charge in [-0.2, -0.15) is 0 Å². The minimum absolute atomic E-state index is 0.0244. The van der Waals surface area contributed by atoms with Crippen LogP contribution in [-0.2, 0) is 10.0 Å². The van der Waals surface area contributed by atoms with Crippen LogP contribution in [0.2, 0.25) is 5.02 Å². The predicted octanol–water partition coefficient (Wildman–Crippen LogP) is 1.86. The summed E-state index contributed by atoms with van der Waals surface area (Å²) in [6, 6.07) is 7.00. The molecule has 2 N–H and O–H groups in total. The lowest BCUT2D eigenvalue weighted by Gasteiger charge is -2.34. The van der Waals surface area contributed by atoms with Gasteiger partial charge in [0.05, 0.1) is 5.75 Å². The van der Waals surface area contributed by atoms with Gasteiger partial charge in [-0.05, 0) is 58.0 Å². The third-order valence-electron chi connectivity index (χ3n) is 4.35. The molecular weight excluding hydrogens is 362 g/mol. The molecule has 1 aliphatic rings. The number of hydrogen-bond acceptors (Lipinski definition) is 4. The molecule has 0 bridgehead atoms. The van der Waals surface area contributed by atoms with E-state index in [0.29, 0.717) is 16.6 Å². The smallest absolute Gasteiger partial charge is 0.251 e. The van der Waals surface area contributed by atoms with Crippen molar-refractivity contribution in [1.82, 2.24) is 14.9 Å². The predicted molar refractivity (Wildman–Crippen MR) is 100 cm³/mol. The van der Waals surface area contributed by atoms with Gasteiger partial charge < -0.3 is 10.2 Å². The fourth-order valence-electron chi connectivity index (χ4n) is 2.88. The fraction of sp³-hybridized carbons (Fsp3) is 0.588. The average molecular weight is 388 g/mol. The highest BCUT2D eigenvalue weighted by molar-refractivity contribution is 7.89. The lowest BCUT2D eigenvalue weighted by molar-refractivity contribution is 0.0956. The highest BCUT2D eigenvalue weighted by atomic mass is 35.5. The van der Waals surface area contributed by atoms with E-state index in [0.717, 1.165) is 25.9 Å². The van der Waals surface area contributed by atoms with E-state index >= 15 is 0 Å². The maximum absolute atomic E-state index is 12.2. The summed E-state index contributed by atoms with van der Waals surface area (Å²) in [5, 5.41) is 3.08. The van der Waals surface area contributed by atoms with Crippen molar-refractivity contribution in [2.24, 2.45) is 0 Å². The number of hydrogen-bond donors (Lipinski definition) is 2. The quantitative estimate of drug-likeness (QED) is 0.748. The first-order chi connectivity index (χ1) is 11.8. The van der Waals surface area contributed by atoms with Gasteiger partial charge >= 0.3 is 0 Å². The van der Waals surface area contributed by atoms with E-state index < -0.39 is 10.0 Å². The van der Waals surface area contributed by atoms with E-state index in [4.69, 9.17) is 11.6 Å². The Labute approximate surface area is 155 Å². The van der Waals surface area contributed by atoms with E-state index in [1.807, 2.05) is 0 Å². The van der Waals surface area contributed by atoms with E-state index in [9.17, 15) is 13.2 Å². The highest BCUT2D eigenvalue weighted by Crippen LogP contribution is 2.14. The zero-order chi connectivity index (χ0) is 18.4. The van der Waals surface area contributed by atoms with Gasteiger partial charge in [-0.15, -0.1) is 0 Å². The molecule has 0 radical (unpaired) electrons. The van der Waals surface area contributed by atoms with Crippen LogP contribution in [0.4, 0.5) is 0 Å². The monoisotopic (exact) mass is 387 g/mol. The van der Waals surface area contributed by atoms with Crippen molar-refractivity contribution < 1.29 is 13.2 Å². The molecule has 0 aromatic heterocycles. The third kappa shape index (κ3) is 6.58. The molecule has 0 aliphatic carbocycles. The number of nitrogens with zero attached hydrogens (tertiary/aromatic N) is 1. The topological polar surface area (TPSA) is 78.5 Å². The Bertz CT molecular complexity index is 686. The Morgan fingerprint density at radius 2 is 2.00 bits per heavy atom. The van der Waals surface area contributed by atoms with Crippen molar-refractivity contribution in [3.63, 3.8) is 0 Å². The van der Waals surface area contributed by atoms with Gasteiger partial charge in [-0.1, -0.05) is 17.7 Å². The second-order valence-corrected chi connectivity index (χ2v) is 8.92. The number of likely N-dealkylation sites (tertiary alicyclic amines) is 1. The van der Waals surface area contributed by atoms with Crippen LogP contribution < -0.4 is 10.0 Å². The molecule has 0 atom stereocenters. The molecule has 1 heterocycles. The molecule has 1 aliphatic heterocycles. The Morgan fingerprint density at radius 3 is 2.60 bits per heavy atom. The van der Waals surface area contributed by atoms with E-state index in [2.05, 4.69) is 28.8 Å². The molecule has 6 nitrogen and oxygen atoms in total. The zero-order valence-electron chi connectivity index (χ0n) is 14.7. The van der Waals surface area contributed by atoms with Crippen LogP contribution in [0.25, 0.3) is 0 Å². The summed E-state index contributed by atoms with van der Waals surface area (Å²) < 4.78 is 27.1. The Balaban J connectivity index is 1.75. The van der Waals surface area contributed by atoms with Crippen LogP contribution in [0.3, 0.4) is 0 Å². The molecule has 140 valence electrons. The summed E-state index contributed by atoms with van der Waals surface area (Å²) in [6.07, 6.45) is 1.62. The van der Waals surface area contributed by atoms with Crippen molar-refractivity contribution >= 4 is 27.5 Å². The molecular formula is C17H26ClN3O3S. The maximum atomic E-state index is 12.2. The lowest BCUT2D eigenvalue weighted by atomic mass is 10.1. The Hall–Kier alpha value is -1.15. The molecule has 2 rings (SSSR count). The normalized spacial score (nSPS) is 17.0. The van der Waals surface area contributed by atoms with Crippen LogP contribution in [0.15, 0.2) is 24.3 Å². The lowest BCUT2D eigenvalue weighted by Crippen LogP contribution is -2.47. The van der Waals surface area contributed by atoms with Crippen LogP contribution >= 0.6 is 11.6 Å². The number of rotatable bonds is 7. The van der Waals surface area contributed by atoms with Crippen molar-refractivity contribution in [1.29, 1.82) is 0 Å². The Morgan fingerprint density at radius 1 is 1.32 bits per heavy atom. The van der Waals surface area contributed by atoms with Crippen molar-refractivity contribution in [3.05, 3.63) is 34.9 Å². The first-order valence-corrected chi connectivity index (χ1v) is 10.6. The van der Waals surface area contributed by atoms with E-state index in [1.165, 1.54) is 0 Å². The molecule has 8 heteroatoms. The number of halogens is 1. The van der Waals surface area contributed by atoms with Gasteiger partial charge in [0.1, 0.15) is 0 Å². The minimum Gasteiger partial charge on any atom is -0.351 e. The molecule has 25 heavy (non-hydrogen) atoms. The summed E-state index contributed by atoms with van der Waals surface area (Å²) >= 11 is 5.84. The minimum atomic E-state index is -3.41. The standard InChI is InChI=1S/C17H26ClN3O3S/c1-13(2)21-9-6-16(7-10-21)20-25(23,24)11-8-19-17(22)14-4-3-5-15(18)12-14/h3-5,12-13,16,20H,6-11H2,1-2H3,(H,19,22). The Kier molecular flexibility index (Phi) is 7.25. The molecule has 1 saturated heterocycles. The average Bonchev–Trinajstić information content (AvgIpc) is 2.54. The molecule has 1 aromatic rings. The van der Waals surface area contributed by atoms with Crippen molar-refractivity contribution in [3.8, 4) is 0 Å². The number of nitrogens with one attached hydrogen (secondary N) is 2.